The number of carbonyl (C=O) groups is 2. The van der Waals surface area contributed by atoms with Crippen LogP contribution >= 0.6 is 35.0 Å². The fourth-order valence-electron chi connectivity index (χ4n) is 2.77. The molecule has 2 amide bonds. The molecule has 4 nitrogen and oxygen atoms in total. The van der Waals surface area contributed by atoms with Gasteiger partial charge >= 0.3 is 0 Å². The van der Waals surface area contributed by atoms with E-state index in [1.807, 2.05) is 50.2 Å². The van der Waals surface area contributed by atoms with Gasteiger partial charge in [-0.05, 0) is 62.2 Å². The van der Waals surface area contributed by atoms with E-state index in [1.54, 1.807) is 35.7 Å². The third-order valence-electron chi connectivity index (χ3n) is 4.83. The van der Waals surface area contributed by atoms with Gasteiger partial charge in [0.05, 0.1) is 0 Å². The van der Waals surface area contributed by atoms with Crippen molar-refractivity contribution >= 4 is 46.8 Å². The summed E-state index contributed by atoms with van der Waals surface area (Å²) in [6.07, 6.45) is 1.17. The molecule has 2 aromatic rings. The van der Waals surface area contributed by atoms with Crippen molar-refractivity contribution in [1.82, 2.24) is 10.2 Å². The van der Waals surface area contributed by atoms with Crippen LogP contribution in [-0.2, 0) is 16.1 Å². The van der Waals surface area contributed by atoms with E-state index in [0.29, 0.717) is 28.8 Å². The number of hydrogen-bond acceptors (Lipinski definition) is 3. The molecule has 0 aliphatic heterocycles. The molecule has 0 spiro atoms. The Kier molecular flexibility index (Phi) is 10.0. The van der Waals surface area contributed by atoms with E-state index in [2.05, 4.69) is 5.32 Å². The predicted molar refractivity (Wildman–Crippen MR) is 126 cm³/mol. The molecule has 2 rings (SSSR count). The highest BCUT2D eigenvalue weighted by atomic mass is 35.5. The molecule has 0 fully saturated rings. The van der Waals surface area contributed by atoms with Gasteiger partial charge < -0.3 is 10.2 Å². The molecule has 2 atom stereocenters. The predicted octanol–water partition coefficient (Wildman–Crippen LogP) is 5.81. The number of hydrogen-bond donors (Lipinski definition) is 1. The van der Waals surface area contributed by atoms with Crippen LogP contribution in [0.3, 0.4) is 0 Å². The number of amides is 2. The van der Waals surface area contributed by atoms with E-state index >= 15 is 0 Å². The molecular formula is C23H28Cl2N2O2S. The Morgan fingerprint density at radius 2 is 1.57 bits per heavy atom. The average Bonchev–Trinajstić information content (AvgIpc) is 2.74. The van der Waals surface area contributed by atoms with Crippen molar-refractivity contribution in [3.8, 4) is 0 Å². The van der Waals surface area contributed by atoms with E-state index < -0.39 is 6.04 Å². The second-order valence-corrected chi connectivity index (χ2v) is 9.24. The summed E-state index contributed by atoms with van der Waals surface area (Å²) in [5.74, 6) is 0.423. The summed E-state index contributed by atoms with van der Waals surface area (Å²) in [7, 11) is 0. The van der Waals surface area contributed by atoms with E-state index in [-0.39, 0.29) is 17.9 Å². The zero-order valence-electron chi connectivity index (χ0n) is 17.5. The molecule has 2 unspecified atom stereocenters. The quantitative estimate of drug-likeness (QED) is 0.449. The number of nitrogens with one attached hydrogen (secondary N) is 1. The van der Waals surface area contributed by atoms with Crippen LogP contribution in [0.4, 0.5) is 0 Å². The Bertz CT molecular complexity index is 828. The van der Waals surface area contributed by atoms with Gasteiger partial charge in [0.1, 0.15) is 6.04 Å². The van der Waals surface area contributed by atoms with E-state index in [1.165, 1.54) is 0 Å². The van der Waals surface area contributed by atoms with Crippen LogP contribution in [0.25, 0.3) is 0 Å². The molecular weight excluding hydrogens is 439 g/mol. The molecule has 0 saturated heterocycles. The van der Waals surface area contributed by atoms with Crippen molar-refractivity contribution < 1.29 is 9.59 Å². The van der Waals surface area contributed by atoms with Crippen molar-refractivity contribution in [2.24, 2.45) is 0 Å². The maximum absolute atomic E-state index is 13.0. The number of benzene rings is 2. The summed E-state index contributed by atoms with van der Waals surface area (Å²) in [6, 6.07) is 14.4. The normalized spacial score (nSPS) is 12.8. The maximum Gasteiger partial charge on any atom is 0.242 e. The number of halogens is 2. The molecule has 0 bridgehead atoms. The van der Waals surface area contributed by atoms with Gasteiger partial charge in [0.25, 0.3) is 0 Å². The van der Waals surface area contributed by atoms with Crippen molar-refractivity contribution in [3.63, 3.8) is 0 Å². The lowest BCUT2D eigenvalue weighted by Crippen LogP contribution is -2.49. The highest BCUT2D eigenvalue weighted by Gasteiger charge is 2.26. The van der Waals surface area contributed by atoms with Crippen LogP contribution in [0.15, 0.2) is 53.4 Å². The summed E-state index contributed by atoms with van der Waals surface area (Å²) in [6.45, 7) is 6.10. The summed E-state index contributed by atoms with van der Waals surface area (Å²) >= 11 is 13.5. The second-order valence-electron chi connectivity index (χ2n) is 7.19. The number of carbonyl (C=O) groups excluding carboxylic acids is 2. The molecule has 0 aliphatic rings. The van der Waals surface area contributed by atoms with E-state index in [4.69, 9.17) is 23.2 Å². The Balaban J connectivity index is 2.06. The zero-order valence-corrected chi connectivity index (χ0v) is 19.9. The van der Waals surface area contributed by atoms with Gasteiger partial charge in [-0.25, -0.2) is 0 Å². The van der Waals surface area contributed by atoms with Crippen molar-refractivity contribution in [2.75, 3.05) is 5.75 Å². The Hall–Kier alpha value is -1.69. The van der Waals surface area contributed by atoms with Crippen molar-refractivity contribution in [1.29, 1.82) is 0 Å². The SMILES string of the molecule is CCC(C)NC(=O)C(C)N(Cc1ccc(Cl)cc1)C(=O)CCSc1ccc(Cl)cc1. The first-order valence-corrected chi connectivity index (χ1v) is 11.8. The fraction of sp³-hybridized carbons (Fsp3) is 0.391. The number of thioether (sulfide) groups is 1. The van der Waals surface area contributed by atoms with Crippen LogP contribution in [0.1, 0.15) is 39.2 Å². The van der Waals surface area contributed by atoms with Crippen LogP contribution in [0.5, 0.6) is 0 Å². The lowest BCUT2D eigenvalue weighted by molar-refractivity contribution is -0.140. The van der Waals surface area contributed by atoms with Crippen LogP contribution < -0.4 is 5.32 Å². The highest BCUT2D eigenvalue weighted by molar-refractivity contribution is 7.99. The third-order valence-corrected chi connectivity index (χ3v) is 6.35. The fourth-order valence-corrected chi connectivity index (χ4v) is 3.86. The van der Waals surface area contributed by atoms with Gasteiger partial charge in [-0.3, -0.25) is 9.59 Å². The zero-order chi connectivity index (χ0) is 22.1. The number of rotatable bonds is 10. The summed E-state index contributed by atoms with van der Waals surface area (Å²) in [5.41, 5.74) is 0.932. The lowest BCUT2D eigenvalue weighted by Gasteiger charge is -2.29. The second kappa shape index (κ2) is 12.2. The first kappa shape index (κ1) is 24.6. The van der Waals surface area contributed by atoms with Crippen molar-refractivity contribution in [3.05, 3.63) is 64.1 Å². The Morgan fingerprint density at radius 3 is 2.13 bits per heavy atom. The summed E-state index contributed by atoms with van der Waals surface area (Å²) < 4.78 is 0. The van der Waals surface area contributed by atoms with Gasteiger partial charge in [0.2, 0.25) is 11.8 Å². The monoisotopic (exact) mass is 466 g/mol. The van der Waals surface area contributed by atoms with Gasteiger partial charge in [-0.1, -0.05) is 42.3 Å². The molecule has 7 heteroatoms. The first-order valence-electron chi connectivity index (χ1n) is 10.0. The van der Waals surface area contributed by atoms with Gasteiger partial charge in [-0.2, -0.15) is 0 Å². The molecule has 0 heterocycles. The largest absolute Gasteiger partial charge is 0.352 e. The smallest absolute Gasteiger partial charge is 0.242 e. The summed E-state index contributed by atoms with van der Waals surface area (Å²) in [4.78, 5) is 28.4. The molecule has 0 aromatic heterocycles. The minimum absolute atomic E-state index is 0.0572. The van der Waals surface area contributed by atoms with E-state index in [9.17, 15) is 9.59 Å². The molecule has 1 N–H and O–H groups in total. The molecule has 2 aromatic carbocycles. The third kappa shape index (κ3) is 7.86. The minimum atomic E-state index is -0.567. The Labute approximate surface area is 193 Å². The van der Waals surface area contributed by atoms with Crippen LogP contribution in [0, 0.1) is 0 Å². The maximum atomic E-state index is 13.0. The standard InChI is InChI=1S/C23H28Cl2N2O2S/c1-4-16(2)26-23(29)17(3)27(15-18-5-7-19(24)8-6-18)22(28)13-14-30-21-11-9-20(25)10-12-21/h5-12,16-17H,4,13-15H2,1-3H3,(H,26,29). The van der Waals surface area contributed by atoms with Crippen molar-refractivity contribution in [2.45, 2.75) is 57.1 Å². The van der Waals surface area contributed by atoms with Crippen LogP contribution in [0.2, 0.25) is 10.0 Å². The molecule has 30 heavy (non-hydrogen) atoms. The van der Waals surface area contributed by atoms with Gasteiger partial charge in [0.15, 0.2) is 0 Å². The topological polar surface area (TPSA) is 49.4 Å². The molecule has 0 aliphatic carbocycles. The van der Waals surface area contributed by atoms with Gasteiger partial charge in [-0.15, -0.1) is 11.8 Å². The number of nitrogens with zero attached hydrogens (tertiary/aromatic N) is 1. The highest BCUT2D eigenvalue weighted by Crippen LogP contribution is 2.22. The Morgan fingerprint density at radius 1 is 1.00 bits per heavy atom. The average molecular weight is 467 g/mol. The first-order chi connectivity index (χ1) is 14.3. The van der Waals surface area contributed by atoms with Gasteiger partial charge in [0, 0.05) is 39.7 Å². The van der Waals surface area contributed by atoms with Crippen LogP contribution in [-0.4, -0.2) is 34.6 Å². The molecule has 0 saturated carbocycles. The molecule has 162 valence electrons. The minimum Gasteiger partial charge on any atom is -0.352 e. The summed E-state index contributed by atoms with van der Waals surface area (Å²) in [5, 5.41) is 4.30. The van der Waals surface area contributed by atoms with E-state index in [0.717, 1.165) is 16.9 Å². The lowest BCUT2D eigenvalue weighted by atomic mass is 10.1. The molecule has 0 radical (unpaired) electrons.